The first kappa shape index (κ1) is 13.8. The second-order valence-corrected chi connectivity index (χ2v) is 5.20. The van der Waals surface area contributed by atoms with E-state index in [0.29, 0.717) is 18.4 Å². The Morgan fingerprint density at radius 1 is 1.26 bits per heavy atom. The van der Waals surface area contributed by atoms with E-state index in [0.717, 1.165) is 25.9 Å². The molecule has 19 heavy (non-hydrogen) atoms. The van der Waals surface area contributed by atoms with Gasteiger partial charge in [0.25, 0.3) is 0 Å². The molecule has 1 atom stereocenters. The lowest BCUT2D eigenvalue weighted by atomic mass is 10.1. The van der Waals surface area contributed by atoms with Gasteiger partial charge in [-0.2, -0.15) is 15.0 Å². The number of hydrogen-bond donors (Lipinski definition) is 3. The minimum absolute atomic E-state index is 0.185. The van der Waals surface area contributed by atoms with Gasteiger partial charge in [0, 0.05) is 19.6 Å². The van der Waals surface area contributed by atoms with Gasteiger partial charge in [0.1, 0.15) is 0 Å². The highest BCUT2D eigenvalue weighted by molar-refractivity contribution is 5.42. The van der Waals surface area contributed by atoms with Crippen LogP contribution in [0.1, 0.15) is 26.7 Å². The molecular weight excluding hydrogens is 244 g/mol. The van der Waals surface area contributed by atoms with Crippen molar-refractivity contribution in [3.63, 3.8) is 0 Å². The number of nitrogens with zero attached hydrogens (tertiary/aromatic N) is 4. The van der Waals surface area contributed by atoms with Crippen LogP contribution in [0.3, 0.4) is 0 Å². The summed E-state index contributed by atoms with van der Waals surface area (Å²) in [6, 6.07) is 0. The molecule has 0 amide bonds. The second-order valence-electron chi connectivity index (χ2n) is 5.20. The minimum atomic E-state index is -0.437. The van der Waals surface area contributed by atoms with Crippen molar-refractivity contribution < 1.29 is 5.11 Å². The molecule has 1 aromatic heterocycles. The lowest BCUT2D eigenvalue weighted by molar-refractivity contribution is 0.137. The van der Waals surface area contributed by atoms with Crippen LogP contribution >= 0.6 is 0 Å². The number of aliphatic hydroxyl groups is 1. The number of nitrogen functional groups attached to an aromatic ring is 1. The molecule has 1 fully saturated rings. The Kier molecular flexibility index (Phi) is 4.36. The Balaban J connectivity index is 2.04. The predicted octanol–water partition coefficient (Wildman–Crippen LogP) is 0.483. The van der Waals surface area contributed by atoms with Gasteiger partial charge in [-0.15, -0.1) is 0 Å². The first-order valence-electron chi connectivity index (χ1n) is 6.74. The molecule has 7 nitrogen and oxygen atoms in total. The van der Waals surface area contributed by atoms with Gasteiger partial charge < -0.3 is 21.1 Å². The molecule has 0 saturated carbocycles. The van der Waals surface area contributed by atoms with E-state index >= 15 is 0 Å². The zero-order valence-corrected chi connectivity index (χ0v) is 11.5. The number of aromatic nitrogens is 3. The van der Waals surface area contributed by atoms with Crippen molar-refractivity contribution in [2.45, 2.75) is 32.8 Å². The number of hydrogen-bond acceptors (Lipinski definition) is 7. The summed E-state index contributed by atoms with van der Waals surface area (Å²) in [5.41, 5.74) is 5.70. The van der Waals surface area contributed by atoms with E-state index in [2.05, 4.69) is 25.2 Å². The predicted molar refractivity (Wildman–Crippen MR) is 75.0 cm³/mol. The first-order valence-corrected chi connectivity index (χ1v) is 6.74. The summed E-state index contributed by atoms with van der Waals surface area (Å²) in [5, 5.41) is 12.8. The summed E-state index contributed by atoms with van der Waals surface area (Å²) in [7, 11) is 0. The molecule has 0 radical (unpaired) electrons. The molecule has 4 N–H and O–H groups in total. The average molecular weight is 266 g/mol. The Labute approximate surface area is 113 Å². The maximum Gasteiger partial charge on any atom is 0.231 e. The normalized spacial score (nSPS) is 16.9. The fourth-order valence-electron chi connectivity index (χ4n) is 1.95. The third kappa shape index (κ3) is 3.66. The topological polar surface area (TPSA) is 100 Å². The van der Waals surface area contributed by atoms with Gasteiger partial charge in [-0.3, -0.25) is 0 Å². The molecule has 0 bridgehead atoms. The summed E-state index contributed by atoms with van der Waals surface area (Å²) in [5.74, 6) is 1.43. The van der Waals surface area contributed by atoms with Gasteiger partial charge in [-0.05, 0) is 18.8 Å². The van der Waals surface area contributed by atoms with E-state index in [1.165, 1.54) is 0 Å². The van der Waals surface area contributed by atoms with Crippen molar-refractivity contribution in [2.75, 3.05) is 35.6 Å². The fourth-order valence-corrected chi connectivity index (χ4v) is 1.95. The second kappa shape index (κ2) is 6.01. The van der Waals surface area contributed by atoms with Crippen LogP contribution in [-0.4, -0.2) is 45.8 Å². The van der Waals surface area contributed by atoms with Crippen LogP contribution in [0.4, 0.5) is 17.8 Å². The van der Waals surface area contributed by atoms with Gasteiger partial charge in [0.15, 0.2) is 0 Å². The molecule has 106 valence electrons. The molecular formula is C12H22N6O. The van der Waals surface area contributed by atoms with Crippen molar-refractivity contribution in [3.05, 3.63) is 0 Å². The summed E-state index contributed by atoms with van der Waals surface area (Å²) < 4.78 is 0. The number of nitrogens with two attached hydrogens (primary N) is 1. The van der Waals surface area contributed by atoms with Crippen LogP contribution in [0.15, 0.2) is 0 Å². The molecule has 0 aliphatic carbocycles. The van der Waals surface area contributed by atoms with Gasteiger partial charge in [0.05, 0.1) is 6.10 Å². The van der Waals surface area contributed by atoms with Crippen LogP contribution in [0.25, 0.3) is 0 Å². The summed E-state index contributed by atoms with van der Waals surface area (Å²) in [4.78, 5) is 14.6. The van der Waals surface area contributed by atoms with Gasteiger partial charge >= 0.3 is 0 Å². The first-order chi connectivity index (χ1) is 9.06. The molecule has 1 saturated heterocycles. The van der Waals surface area contributed by atoms with Gasteiger partial charge in [0.2, 0.25) is 17.8 Å². The third-order valence-electron chi connectivity index (χ3n) is 3.27. The van der Waals surface area contributed by atoms with Crippen LogP contribution in [0.2, 0.25) is 0 Å². The Bertz CT molecular complexity index is 419. The molecule has 2 heterocycles. The number of anilines is 3. The quantitative estimate of drug-likeness (QED) is 0.712. The Morgan fingerprint density at radius 2 is 1.95 bits per heavy atom. The Morgan fingerprint density at radius 3 is 2.58 bits per heavy atom. The monoisotopic (exact) mass is 266 g/mol. The lowest BCUT2D eigenvalue weighted by Gasteiger charge is -2.18. The van der Waals surface area contributed by atoms with Gasteiger partial charge in [-0.25, -0.2) is 0 Å². The highest BCUT2D eigenvalue weighted by Gasteiger charge is 2.17. The van der Waals surface area contributed by atoms with E-state index in [-0.39, 0.29) is 11.9 Å². The molecule has 1 unspecified atom stereocenters. The van der Waals surface area contributed by atoms with Crippen LogP contribution in [-0.2, 0) is 0 Å². The van der Waals surface area contributed by atoms with E-state index < -0.39 is 6.10 Å². The third-order valence-corrected chi connectivity index (χ3v) is 3.27. The smallest absolute Gasteiger partial charge is 0.231 e. The SMILES string of the molecule is CC(C)C(O)CNc1nc(N)nc(N2CCCC2)n1. The minimum Gasteiger partial charge on any atom is -0.391 e. The van der Waals surface area contributed by atoms with Crippen molar-refractivity contribution >= 4 is 17.8 Å². The highest BCUT2D eigenvalue weighted by atomic mass is 16.3. The van der Waals surface area contributed by atoms with Crippen LogP contribution < -0.4 is 16.0 Å². The number of nitrogens with one attached hydrogen (secondary N) is 1. The number of aliphatic hydroxyl groups excluding tert-OH is 1. The molecule has 2 rings (SSSR count). The maximum atomic E-state index is 9.76. The van der Waals surface area contributed by atoms with Crippen LogP contribution in [0.5, 0.6) is 0 Å². The zero-order valence-electron chi connectivity index (χ0n) is 11.5. The van der Waals surface area contributed by atoms with E-state index in [1.807, 2.05) is 13.8 Å². The molecule has 1 aromatic rings. The maximum absolute atomic E-state index is 9.76. The zero-order chi connectivity index (χ0) is 13.8. The number of rotatable bonds is 5. The van der Waals surface area contributed by atoms with Crippen molar-refractivity contribution in [1.82, 2.24) is 15.0 Å². The summed E-state index contributed by atoms with van der Waals surface area (Å²) >= 11 is 0. The Hall–Kier alpha value is -1.63. The summed E-state index contributed by atoms with van der Waals surface area (Å²) in [6.07, 6.45) is 1.87. The fraction of sp³-hybridized carbons (Fsp3) is 0.750. The van der Waals surface area contributed by atoms with E-state index in [9.17, 15) is 5.11 Å². The summed E-state index contributed by atoms with van der Waals surface area (Å²) in [6.45, 7) is 6.24. The van der Waals surface area contributed by atoms with E-state index in [1.54, 1.807) is 0 Å². The standard InChI is InChI=1S/C12H22N6O/c1-8(2)9(19)7-14-11-15-10(13)16-12(17-11)18-5-3-4-6-18/h8-9,19H,3-7H2,1-2H3,(H3,13,14,15,16,17). The lowest BCUT2D eigenvalue weighted by Crippen LogP contribution is -2.27. The molecule has 7 heteroatoms. The molecule has 0 spiro atoms. The van der Waals surface area contributed by atoms with Crippen LogP contribution in [0, 0.1) is 5.92 Å². The average Bonchev–Trinajstić information content (AvgIpc) is 2.89. The van der Waals surface area contributed by atoms with Crippen molar-refractivity contribution in [1.29, 1.82) is 0 Å². The van der Waals surface area contributed by atoms with Crippen molar-refractivity contribution in [2.24, 2.45) is 5.92 Å². The largest absolute Gasteiger partial charge is 0.391 e. The highest BCUT2D eigenvalue weighted by Crippen LogP contribution is 2.17. The molecule has 1 aliphatic rings. The van der Waals surface area contributed by atoms with Gasteiger partial charge in [-0.1, -0.05) is 13.8 Å². The van der Waals surface area contributed by atoms with E-state index in [4.69, 9.17) is 5.73 Å². The molecule has 0 aromatic carbocycles. The molecule has 1 aliphatic heterocycles. The van der Waals surface area contributed by atoms with Crippen molar-refractivity contribution in [3.8, 4) is 0 Å².